The van der Waals surface area contributed by atoms with Gasteiger partial charge in [-0.1, -0.05) is 6.07 Å². The van der Waals surface area contributed by atoms with Crippen molar-refractivity contribution >= 4 is 17.7 Å². The highest BCUT2D eigenvalue weighted by Gasteiger charge is 2.11. The molecule has 23 heavy (non-hydrogen) atoms. The molecule has 0 aliphatic rings. The highest BCUT2D eigenvalue weighted by atomic mass is 16.5. The summed E-state index contributed by atoms with van der Waals surface area (Å²) in [5.74, 6) is -0.438. The van der Waals surface area contributed by atoms with Gasteiger partial charge in [0.15, 0.2) is 0 Å². The number of urea groups is 1. The Labute approximate surface area is 135 Å². The van der Waals surface area contributed by atoms with Gasteiger partial charge in [-0.3, -0.25) is 4.98 Å². The maximum Gasteiger partial charge on any atom is 0.337 e. The van der Waals surface area contributed by atoms with Crippen LogP contribution in [-0.4, -0.2) is 42.6 Å². The number of benzene rings is 1. The van der Waals surface area contributed by atoms with E-state index in [2.05, 4.69) is 15.0 Å². The molecule has 2 aromatic rings. The van der Waals surface area contributed by atoms with Gasteiger partial charge in [0.1, 0.15) is 0 Å². The third kappa shape index (κ3) is 4.81. The van der Waals surface area contributed by atoms with Gasteiger partial charge in [-0.15, -0.1) is 0 Å². The van der Waals surface area contributed by atoms with Crippen molar-refractivity contribution in [1.29, 1.82) is 0 Å². The van der Waals surface area contributed by atoms with Gasteiger partial charge in [0, 0.05) is 31.7 Å². The fourth-order valence-electron chi connectivity index (χ4n) is 2.01. The number of ether oxygens (including phenoxy) is 1. The molecule has 0 bridgehead atoms. The molecule has 120 valence electrons. The Morgan fingerprint density at radius 2 is 1.96 bits per heavy atom. The van der Waals surface area contributed by atoms with Crippen molar-refractivity contribution in [3.8, 4) is 0 Å². The average molecular weight is 313 g/mol. The molecule has 1 aromatic heterocycles. The highest BCUT2D eigenvalue weighted by Crippen LogP contribution is 2.12. The van der Waals surface area contributed by atoms with Crippen LogP contribution < -0.4 is 5.32 Å². The first kappa shape index (κ1) is 16.5. The molecule has 2 amide bonds. The molecule has 0 spiro atoms. The third-order valence-electron chi connectivity index (χ3n) is 3.37. The van der Waals surface area contributed by atoms with E-state index >= 15 is 0 Å². The van der Waals surface area contributed by atoms with E-state index in [0.29, 0.717) is 17.8 Å². The van der Waals surface area contributed by atoms with Crippen LogP contribution in [0, 0.1) is 0 Å². The molecule has 1 heterocycles. The van der Waals surface area contributed by atoms with Crippen LogP contribution in [0.15, 0.2) is 48.8 Å². The standard InChI is InChI=1S/C17H19N3O3/c1-20(11-8-13-6-9-18-10-7-13)17(22)19-15-5-3-4-14(12-15)16(21)23-2/h3-7,9-10,12H,8,11H2,1-2H3,(H,19,22). The van der Waals surface area contributed by atoms with Crippen LogP contribution >= 0.6 is 0 Å². The topological polar surface area (TPSA) is 71.5 Å². The van der Waals surface area contributed by atoms with Crippen LogP contribution in [0.25, 0.3) is 0 Å². The maximum absolute atomic E-state index is 12.2. The van der Waals surface area contributed by atoms with Gasteiger partial charge in [0.05, 0.1) is 12.7 Å². The molecule has 1 aromatic carbocycles. The number of likely N-dealkylation sites (N-methyl/N-ethyl adjacent to an activating group) is 1. The molecular weight excluding hydrogens is 294 g/mol. The fourth-order valence-corrected chi connectivity index (χ4v) is 2.01. The number of carbonyl (C=O) groups is 2. The van der Waals surface area contributed by atoms with E-state index in [1.165, 1.54) is 7.11 Å². The van der Waals surface area contributed by atoms with Gasteiger partial charge in [-0.25, -0.2) is 9.59 Å². The smallest absolute Gasteiger partial charge is 0.337 e. The average Bonchev–Trinajstić information content (AvgIpc) is 2.60. The summed E-state index contributed by atoms with van der Waals surface area (Å²) in [7, 11) is 3.04. The molecule has 6 nitrogen and oxygen atoms in total. The summed E-state index contributed by atoms with van der Waals surface area (Å²) in [6.45, 7) is 0.576. The summed E-state index contributed by atoms with van der Waals surface area (Å²) in [5.41, 5.74) is 2.06. The van der Waals surface area contributed by atoms with Gasteiger partial charge in [0.25, 0.3) is 0 Å². The Morgan fingerprint density at radius 1 is 1.22 bits per heavy atom. The normalized spacial score (nSPS) is 10.0. The molecule has 0 fully saturated rings. The molecule has 1 N–H and O–H groups in total. The van der Waals surface area contributed by atoms with Gasteiger partial charge in [-0.05, 0) is 42.3 Å². The Balaban J connectivity index is 1.92. The summed E-state index contributed by atoms with van der Waals surface area (Å²) < 4.78 is 4.66. The number of methoxy groups -OCH3 is 1. The SMILES string of the molecule is COC(=O)c1cccc(NC(=O)N(C)CCc2ccncc2)c1. The summed E-state index contributed by atoms with van der Waals surface area (Å²) >= 11 is 0. The lowest BCUT2D eigenvalue weighted by atomic mass is 10.2. The van der Waals surface area contributed by atoms with Crippen molar-refractivity contribution in [2.45, 2.75) is 6.42 Å². The number of carbonyl (C=O) groups excluding carboxylic acids is 2. The van der Waals surface area contributed by atoms with E-state index in [9.17, 15) is 9.59 Å². The number of pyridine rings is 1. The van der Waals surface area contributed by atoms with Crippen molar-refractivity contribution in [3.63, 3.8) is 0 Å². The molecule has 6 heteroatoms. The van der Waals surface area contributed by atoms with E-state index in [1.807, 2.05) is 12.1 Å². The van der Waals surface area contributed by atoms with Crippen molar-refractivity contribution in [1.82, 2.24) is 9.88 Å². The van der Waals surface area contributed by atoms with Gasteiger partial charge < -0.3 is 15.0 Å². The van der Waals surface area contributed by atoms with E-state index in [-0.39, 0.29) is 6.03 Å². The Hall–Kier alpha value is -2.89. The summed E-state index contributed by atoms with van der Waals surface area (Å²) in [4.78, 5) is 29.2. The minimum absolute atomic E-state index is 0.235. The van der Waals surface area contributed by atoms with Gasteiger partial charge in [0.2, 0.25) is 0 Å². The fraction of sp³-hybridized carbons (Fsp3) is 0.235. The van der Waals surface area contributed by atoms with Crippen LogP contribution in [0.2, 0.25) is 0 Å². The second-order valence-corrected chi connectivity index (χ2v) is 5.03. The lowest BCUT2D eigenvalue weighted by Crippen LogP contribution is -2.33. The second-order valence-electron chi connectivity index (χ2n) is 5.03. The predicted octanol–water partition coefficient (Wildman–Crippen LogP) is 2.57. The molecular formula is C17H19N3O3. The predicted molar refractivity (Wildman–Crippen MR) is 87.4 cm³/mol. The Kier molecular flexibility index (Phi) is 5.68. The van der Waals surface area contributed by atoms with E-state index < -0.39 is 5.97 Å². The largest absolute Gasteiger partial charge is 0.465 e. The second kappa shape index (κ2) is 7.93. The van der Waals surface area contributed by atoms with Crippen LogP contribution in [0.3, 0.4) is 0 Å². The van der Waals surface area contributed by atoms with E-state index in [0.717, 1.165) is 12.0 Å². The number of nitrogens with one attached hydrogen (secondary N) is 1. The van der Waals surface area contributed by atoms with E-state index in [1.54, 1.807) is 48.6 Å². The van der Waals surface area contributed by atoms with Crippen LogP contribution in [-0.2, 0) is 11.2 Å². The highest BCUT2D eigenvalue weighted by molar-refractivity contribution is 5.93. The molecule has 0 radical (unpaired) electrons. The zero-order valence-electron chi connectivity index (χ0n) is 13.2. The first-order chi connectivity index (χ1) is 11.1. The minimum Gasteiger partial charge on any atom is -0.465 e. The van der Waals surface area contributed by atoms with Crippen molar-refractivity contribution in [3.05, 3.63) is 59.9 Å². The monoisotopic (exact) mass is 313 g/mol. The molecule has 2 rings (SSSR count). The van der Waals surface area contributed by atoms with Crippen molar-refractivity contribution in [2.24, 2.45) is 0 Å². The summed E-state index contributed by atoms with van der Waals surface area (Å²) in [6.07, 6.45) is 4.20. The molecule has 0 aliphatic carbocycles. The number of hydrogen-bond acceptors (Lipinski definition) is 4. The zero-order chi connectivity index (χ0) is 16.7. The molecule has 0 atom stereocenters. The van der Waals surface area contributed by atoms with E-state index in [4.69, 9.17) is 0 Å². The molecule has 0 saturated heterocycles. The Morgan fingerprint density at radius 3 is 2.65 bits per heavy atom. The number of rotatable bonds is 5. The van der Waals surface area contributed by atoms with Crippen molar-refractivity contribution < 1.29 is 14.3 Å². The quantitative estimate of drug-likeness (QED) is 0.861. The number of esters is 1. The minimum atomic E-state index is -0.438. The van der Waals surface area contributed by atoms with Crippen molar-refractivity contribution in [2.75, 3.05) is 26.0 Å². The lowest BCUT2D eigenvalue weighted by Gasteiger charge is -2.18. The maximum atomic E-state index is 12.2. The van der Waals surface area contributed by atoms with Crippen LogP contribution in [0.5, 0.6) is 0 Å². The van der Waals surface area contributed by atoms with Crippen LogP contribution in [0.1, 0.15) is 15.9 Å². The molecule has 0 unspecified atom stereocenters. The summed E-state index contributed by atoms with van der Waals surface area (Å²) in [6, 6.07) is 10.2. The molecule has 0 aliphatic heterocycles. The number of nitrogens with zero attached hydrogens (tertiary/aromatic N) is 2. The van der Waals surface area contributed by atoms with Gasteiger partial charge in [-0.2, -0.15) is 0 Å². The summed E-state index contributed by atoms with van der Waals surface area (Å²) in [5, 5.41) is 2.76. The lowest BCUT2D eigenvalue weighted by molar-refractivity contribution is 0.0600. The Bertz CT molecular complexity index is 674. The third-order valence-corrected chi connectivity index (χ3v) is 3.37. The first-order valence-corrected chi connectivity index (χ1v) is 7.19. The number of hydrogen-bond donors (Lipinski definition) is 1. The first-order valence-electron chi connectivity index (χ1n) is 7.19. The zero-order valence-corrected chi connectivity index (χ0v) is 13.2. The number of aromatic nitrogens is 1. The van der Waals surface area contributed by atoms with Gasteiger partial charge >= 0.3 is 12.0 Å². The molecule has 0 saturated carbocycles. The number of amides is 2. The number of anilines is 1. The van der Waals surface area contributed by atoms with Crippen LogP contribution in [0.4, 0.5) is 10.5 Å².